The molecule has 1 saturated heterocycles. The maximum atomic E-state index is 13.3. The van der Waals surface area contributed by atoms with Crippen molar-refractivity contribution in [3.63, 3.8) is 0 Å². The Hall–Kier alpha value is -3.19. The number of hydrogen-bond donors (Lipinski definition) is 2. The molecular weight excluding hydrogens is 368 g/mol. The molecule has 0 saturated carbocycles. The minimum absolute atomic E-state index is 0.0129. The van der Waals surface area contributed by atoms with Crippen molar-refractivity contribution in [3.05, 3.63) is 59.9 Å². The highest BCUT2D eigenvalue weighted by atomic mass is 16.5. The van der Waals surface area contributed by atoms with Crippen molar-refractivity contribution in [2.45, 2.75) is 18.8 Å². The van der Waals surface area contributed by atoms with Gasteiger partial charge < -0.3 is 15.0 Å². The number of aromatic amines is 1. The zero-order valence-electron chi connectivity index (χ0n) is 16.4. The molecule has 3 aromatic rings. The number of rotatable bonds is 5. The maximum absolute atomic E-state index is 13.3. The first kappa shape index (κ1) is 19.1. The van der Waals surface area contributed by atoms with Crippen LogP contribution in [0.2, 0.25) is 0 Å². The van der Waals surface area contributed by atoms with Crippen LogP contribution in [-0.2, 0) is 9.53 Å². The number of aromatic nitrogens is 2. The number of methoxy groups -OCH3 is 1. The van der Waals surface area contributed by atoms with Crippen LogP contribution in [0, 0.1) is 0 Å². The number of carbonyl (C=O) groups is 2. The van der Waals surface area contributed by atoms with Crippen molar-refractivity contribution in [2.75, 3.05) is 32.1 Å². The smallest absolute Gasteiger partial charge is 0.254 e. The van der Waals surface area contributed by atoms with Crippen LogP contribution in [0.3, 0.4) is 0 Å². The van der Waals surface area contributed by atoms with E-state index >= 15 is 0 Å². The van der Waals surface area contributed by atoms with Crippen molar-refractivity contribution >= 4 is 28.3 Å². The first-order chi connectivity index (χ1) is 14.2. The van der Waals surface area contributed by atoms with Crippen LogP contribution >= 0.6 is 0 Å². The van der Waals surface area contributed by atoms with E-state index in [4.69, 9.17) is 4.74 Å². The maximum Gasteiger partial charge on any atom is 0.254 e. The summed E-state index contributed by atoms with van der Waals surface area (Å²) in [5.41, 5.74) is 2.23. The molecule has 1 aliphatic rings. The zero-order valence-corrected chi connectivity index (χ0v) is 16.4. The summed E-state index contributed by atoms with van der Waals surface area (Å²) in [6.45, 7) is 1.29. The number of amides is 2. The van der Waals surface area contributed by atoms with Gasteiger partial charge >= 0.3 is 0 Å². The van der Waals surface area contributed by atoms with E-state index in [0.717, 1.165) is 41.4 Å². The second-order valence-electron chi connectivity index (χ2n) is 7.30. The van der Waals surface area contributed by atoms with Gasteiger partial charge in [0, 0.05) is 31.7 Å². The van der Waals surface area contributed by atoms with Gasteiger partial charge in [0.1, 0.15) is 6.61 Å². The van der Waals surface area contributed by atoms with E-state index in [1.54, 1.807) is 6.20 Å². The van der Waals surface area contributed by atoms with Crippen molar-refractivity contribution in [3.8, 4) is 0 Å². The van der Waals surface area contributed by atoms with Crippen LogP contribution in [0.15, 0.2) is 48.7 Å². The van der Waals surface area contributed by atoms with Crippen LogP contribution in [0.1, 0.15) is 34.8 Å². The molecule has 7 nitrogen and oxygen atoms in total. The number of anilines is 1. The summed E-state index contributed by atoms with van der Waals surface area (Å²) in [6, 6.07) is 13.8. The number of hydrogen-bond acceptors (Lipinski definition) is 4. The predicted octanol–water partition coefficient (Wildman–Crippen LogP) is 3.17. The van der Waals surface area contributed by atoms with Crippen LogP contribution in [-0.4, -0.2) is 53.7 Å². The monoisotopic (exact) mass is 392 g/mol. The molecule has 1 aromatic heterocycles. The number of nitrogens with one attached hydrogen (secondary N) is 2. The molecule has 1 atom stereocenters. The molecule has 29 heavy (non-hydrogen) atoms. The van der Waals surface area contributed by atoms with Gasteiger partial charge in [0.25, 0.3) is 5.91 Å². The predicted molar refractivity (Wildman–Crippen MR) is 111 cm³/mol. The lowest BCUT2D eigenvalue weighted by atomic mass is 9.93. The number of nitrogens with zero attached hydrogens (tertiary/aromatic N) is 2. The minimum atomic E-state index is -0.227. The molecule has 2 N–H and O–H groups in total. The minimum Gasteiger partial charge on any atom is -0.375 e. The second kappa shape index (κ2) is 8.45. The fourth-order valence-electron chi connectivity index (χ4n) is 4.00. The Bertz CT molecular complexity index is 1020. The molecule has 7 heteroatoms. The van der Waals surface area contributed by atoms with Gasteiger partial charge in [0.15, 0.2) is 0 Å². The SMILES string of the molecule is COCC(=O)Nc1cn[nH]c1[C@H]1CCCN(C(=O)c2cccc3ccccc23)C1. The summed E-state index contributed by atoms with van der Waals surface area (Å²) >= 11 is 0. The highest BCUT2D eigenvalue weighted by molar-refractivity contribution is 6.07. The zero-order chi connectivity index (χ0) is 20.2. The van der Waals surface area contributed by atoms with Gasteiger partial charge in [-0.05, 0) is 29.7 Å². The van der Waals surface area contributed by atoms with Gasteiger partial charge in [-0.3, -0.25) is 14.7 Å². The lowest BCUT2D eigenvalue weighted by Gasteiger charge is -2.33. The van der Waals surface area contributed by atoms with Gasteiger partial charge in [0.05, 0.1) is 17.6 Å². The van der Waals surface area contributed by atoms with E-state index in [9.17, 15) is 9.59 Å². The summed E-state index contributed by atoms with van der Waals surface area (Å²) < 4.78 is 4.87. The highest BCUT2D eigenvalue weighted by Crippen LogP contribution is 2.31. The van der Waals surface area contributed by atoms with Crippen molar-refractivity contribution in [2.24, 2.45) is 0 Å². The van der Waals surface area contributed by atoms with Gasteiger partial charge in [-0.25, -0.2) is 0 Å². The van der Waals surface area contributed by atoms with E-state index < -0.39 is 0 Å². The number of fused-ring (bicyclic) bond motifs is 1. The summed E-state index contributed by atoms with van der Waals surface area (Å²) in [5, 5.41) is 12.0. The molecule has 0 radical (unpaired) electrons. The molecule has 4 rings (SSSR count). The first-order valence-electron chi connectivity index (χ1n) is 9.76. The van der Waals surface area contributed by atoms with Gasteiger partial charge in [-0.1, -0.05) is 36.4 Å². The molecule has 0 unspecified atom stereocenters. The van der Waals surface area contributed by atoms with E-state index in [-0.39, 0.29) is 24.3 Å². The van der Waals surface area contributed by atoms with Crippen LogP contribution in [0.25, 0.3) is 10.8 Å². The lowest BCUT2D eigenvalue weighted by Crippen LogP contribution is -2.39. The fourth-order valence-corrected chi connectivity index (χ4v) is 4.00. The Balaban J connectivity index is 1.54. The third-order valence-electron chi connectivity index (χ3n) is 5.36. The van der Waals surface area contributed by atoms with Crippen molar-refractivity contribution < 1.29 is 14.3 Å². The Kier molecular flexibility index (Phi) is 5.57. The molecule has 1 fully saturated rings. The third kappa shape index (κ3) is 4.00. The van der Waals surface area contributed by atoms with E-state index in [2.05, 4.69) is 15.5 Å². The third-order valence-corrected chi connectivity index (χ3v) is 5.36. The van der Waals surface area contributed by atoms with Crippen LogP contribution < -0.4 is 5.32 Å². The lowest BCUT2D eigenvalue weighted by molar-refractivity contribution is -0.119. The molecular formula is C22H24N4O3. The van der Waals surface area contributed by atoms with Crippen molar-refractivity contribution in [1.82, 2.24) is 15.1 Å². The summed E-state index contributed by atoms with van der Waals surface area (Å²) in [6.07, 6.45) is 3.43. The Morgan fingerprint density at radius 1 is 1.24 bits per heavy atom. The molecule has 2 aromatic carbocycles. The Morgan fingerprint density at radius 3 is 2.93 bits per heavy atom. The Labute approximate surface area is 169 Å². The number of benzene rings is 2. The summed E-state index contributed by atoms with van der Waals surface area (Å²) in [4.78, 5) is 27.1. The number of ether oxygens (including phenoxy) is 1. The molecule has 2 amide bonds. The molecule has 150 valence electrons. The topological polar surface area (TPSA) is 87.3 Å². The normalized spacial score (nSPS) is 16.7. The van der Waals surface area contributed by atoms with E-state index in [1.165, 1.54) is 7.11 Å². The van der Waals surface area contributed by atoms with E-state index in [1.807, 2.05) is 47.4 Å². The van der Waals surface area contributed by atoms with Crippen molar-refractivity contribution in [1.29, 1.82) is 0 Å². The largest absolute Gasteiger partial charge is 0.375 e. The highest BCUT2D eigenvalue weighted by Gasteiger charge is 2.29. The molecule has 0 bridgehead atoms. The first-order valence-corrected chi connectivity index (χ1v) is 9.76. The second-order valence-corrected chi connectivity index (χ2v) is 7.30. The summed E-state index contributed by atoms with van der Waals surface area (Å²) in [7, 11) is 1.48. The number of carbonyl (C=O) groups excluding carboxylic acids is 2. The standard InChI is InChI=1S/C22H24N4O3/c1-29-14-20(27)24-19-12-23-25-21(19)16-8-5-11-26(13-16)22(28)18-10-4-7-15-6-2-3-9-17(15)18/h2-4,6-7,9-10,12,16H,5,8,11,13-14H2,1H3,(H,23,25)(H,24,27)/t16-/m0/s1. The number of likely N-dealkylation sites (tertiary alicyclic amines) is 1. The van der Waals surface area contributed by atoms with Gasteiger partial charge in [0.2, 0.25) is 5.91 Å². The molecule has 2 heterocycles. The van der Waals surface area contributed by atoms with E-state index in [0.29, 0.717) is 12.2 Å². The molecule has 0 aliphatic carbocycles. The number of piperidine rings is 1. The van der Waals surface area contributed by atoms with Gasteiger partial charge in [-0.2, -0.15) is 5.10 Å². The average molecular weight is 392 g/mol. The van der Waals surface area contributed by atoms with Crippen LogP contribution in [0.5, 0.6) is 0 Å². The van der Waals surface area contributed by atoms with Crippen LogP contribution in [0.4, 0.5) is 5.69 Å². The average Bonchev–Trinajstić information content (AvgIpc) is 3.21. The summed E-state index contributed by atoms with van der Waals surface area (Å²) in [5.74, 6) is -0.103. The molecule has 1 aliphatic heterocycles. The number of H-pyrrole nitrogens is 1. The van der Waals surface area contributed by atoms with Gasteiger partial charge in [-0.15, -0.1) is 0 Å². The Morgan fingerprint density at radius 2 is 2.07 bits per heavy atom. The quantitative estimate of drug-likeness (QED) is 0.698. The molecule has 0 spiro atoms. The fraction of sp³-hybridized carbons (Fsp3) is 0.318.